The Bertz CT molecular complexity index is 138. The predicted octanol–water partition coefficient (Wildman–Crippen LogP) is 3.45. The van der Waals surface area contributed by atoms with Crippen LogP contribution in [0.25, 0.3) is 0 Å². The smallest absolute Gasteiger partial charge is 0.214 e. The number of hydrogen-bond acceptors (Lipinski definition) is 0. The minimum absolute atomic E-state index is 0.573. The zero-order valence-electron chi connectivity index (χ0n) is 5.04. The molecular weight excluding hydrogens is 232 g/mol. The van der Waals surface area contributed by atoms with Crippen LogP contribution in [0.15, 0.2) is 12.2 Å². The van der Waals surface area contributed by atoms with E-state index < -0.39 is 9.96 Å². The normalized spacial score (nSPS) is 19.4. The molecule has 1 unspecified atom stereocenters. The molecule has 0 fully saturated rings. The fraction of sp³-hybridized carbons (Fsp3) is 0.600. The molecule has 0 heterocycles. The maximum absolute atomic E-state index is 12.5. The highest BCUT2D eigenvalue weighted by Crippen LogP contribution is 2.42. The highest BCUT2D eigenvalue weighted by molar-refractivity contribution is 9.10. The molecular formula is C5H5BrClF3. The topological polar surface area (TPSA) is 0 Å². The summed E-state index contributed by atoms with van der Waals surface area (Å²) in [4.78, 5) is -3.73. The van der Waals surface area contributed by atoms with Crippen LogP contribution in [0.4, 0.5) is 13.2 Å². The van der Waals surface area contributed by atoms with Crippen LogP contribution in [-0.2, 0) is 0 Å². The number of hydrogen-bond donors (Lipinski definition) is 0. The molecule has 0 bridgehead atoms. The fourth-order valence-electron chi connectivity index (χ4n) is 0.304. The van der Waals surface area contributed by atoms with Crippen molar-refractivity contribution in [2.24, 2.45) is 0 Å². The summed E-state index contributed by atoms with van der Waals surface area (Å²) in [6.45, 7) is 1.40. The molecule has 1 atom stereocenters. The van der Waals surface area contributed by atoms with Crippen molar-refractivity contribution in [1.82, 2.24) is 0 Å². The van der Waals surface area contributed by atoms with E-state index >= 15 is 0 Å². The van der Waals surface area contributed by atoms with E-state index in [1.807, 2.05) is 15.9 Å². The Morgan fingerprint density at radius 3 is 1.90 bits per heavy atom. The van der Waals surface area contributed by atoms with Gasteiger partial charge in [0.05, 0.1) is 0 Å². The van der Waals surface area contributed by atoms with E-state index in [0.717, 1.165) is 6.08 Å². The molecule has 0 aromatic carbocycles. The summed E-state index contributed by atoms with van der Waals surface area (Å²) in [6.07, 6.45) is 1.69. The van der Waals surface area contributed by atoms with E-state index in [1.54, 1.807) is 0 Å². The molecule has 0 saturated heterocycles. The average molecular weight is 237 g/mol. The Hall–Kier alpha value is 0.300. The molecule has 0 spiro atoms. The highest BCUT2D eigenvalue weighted by atomic mass is 79.9. The van der Waals surface area contributed by atoms with Gasteiger partial charge in [-0.1, -0.05) is 17.7 Å². The van der Waals surface area contributed by atoms with Gasteiger partial charge in [0.1, 0.15) is 0 Å². The second kappa shape index (κ2) is 3.13. The van der Waals surface area contributed by atoms with Crippen LogP contribution >= 0.6 is 27.5 Å². The molecule has 0 radical (unpaired) electrons. The van der Waals surface area contributed by atoms with Crippen LogP contribution in [0.3, 0.4) is 0 Å². The zero-order chi connectivity index (χ0) is 8.41. The molecule has 0 amide bonds. The van der Waals surface area contributed by atoms with Gasteiger partial charge < -0.3 is 0 Å². The van der Waals surface area contributed by atoms with Gasteiger partial charge in [-0.2, -0.15) is 8.78 Å². The van der Waals surface area contributed by atoms with Crippen molar-refractivity contribution in [1.29, 1.82) is 0 Å². The van der Waals surface area contributed by atoms with Crippen molar-refractivity contribution in [2.45, 2.75) is 16.9 Å². The van der Waals surface area contributed by atoms with Crippen LogP contribution < -0.4 is 0 Å². The summed E-state index contributed by atoms with van der Waals surface area (Å²) in [6, 6.07) is 0. The average Bonchev–Trinajstić information content (AvgIpc) is 1.61. The number of halogens is 5. The minimum Gasteiger partial charge on any atom is -0.214 e. The van der Waals surface area contributed by atoms with Crippen molar-refractivity contribution in [3.05, 3.63) is 12.2 Å². The van der Waals surface area contributed by atoms with Crippen LogP contribution in [-0.4, -0.2) is 9.96 Å². The van der Waals surface area contributed by atoms with Gasteiger partial charge in [0.25, 0.3) is 5.13 Å². The summed E-state index contributed by atoms with van der Waals surface area (Å²) < 4.78 is 36.6. The lowest BCUT2D eigenvalue weighted by atomic mass is 10.3. The van der Waals surface area contributed by atoms with E-state index in [9.17, 15) is 13.2 Å². The standard InChI is InChI=1S/C5H5BrClF3/c1-2-3-4(7,8)5(6,9)10/h2-3H,1H3. The molecule has 5 heteroatoms. The summed E-state index contributed by atoms with van der Waals surface area (Å²) in [7, 11) is 0. The molecule has 0 aromatic heterocycles. The first kappa shape index (κ1) is 10.3. The van der Waals surface area contributed by atoms with Crippen molar-refractivity contribution < 1.29 is 13.2 Å². The van der Waals surface area contributed by atoms with Gasteiger partial charge in [-0.15, -0.1) is 0 Å². The lowest BCUT2D eigenvalue weighted by Gasteiger charge is -2.18. The Labute approximate surface area is 70.2 Å². The van der Waals surface area contributed by atoms with Crippen molar-refractivity contribution >= 4 is 27.5 Å². The number of rotatable bonds is 2. The summed E-state index contributed by atoms with van der Waals surface area (Å²) in [5.74, 6) is 0. The van der Waals surface area contributed by atoms with Gasteiger partial charge >= 0.3 is 4.83 Å². The SMILES string of the molecule is CC=CC(F)(Cl)C(F)(F)Br. The minimum atomic E-state index is -3.73. The van der Waals surface area contributed by atoms with Crippen molar-refractivity contribution in [2.75, 3.05) is 0 Å². The molecule has 0 aliphatic carbocycles. The third kappa shape index (κ3) is 2.50. The predicted molar refractivity (Wildman–Crippen MR) is 38.4 cm³/mol. The van der Waals surface area contributed by atoms with E-state index in [4.69, 9.17) is 11.6 Å². The molecule has 0 aliphatic rings. The molecule has 0 aromatic rings. The first-order valence-electron chi connectivity index (χ1n) is 2.39. The highest BCUT2D eigenvalue weighted by Gasteiger charge is 2.49. The summed E-state index contributed by atoms with van der Waals surface area (Å²) in [5.41, 5.74) is 0. The second-order valence-corrected chi connectivity index (χ2v) is 3.17. The third-order valence-electron chi connectivity index (χ3n) is 0.754. The van der Waals surface area contributed by atoms with Gasteiger partial charge in [0, 0.05) is 0 Å². The number of alkyl halides is 5. The summed E-state index contributed by atoms with van der Waals surface area (Å²) in [5, 5.41) is -3.14. The van der Waals surface area contributed by atoms with Gasteiger partial charge in [-0.25, -0.2) is 4.39 Å². The molecule has 0 nitrogen and oxygen atoms in total. The Morgan fingerprint density at radius 1 is 1.40 bits per heavy atom. The molecule has 60 valence electrons. The van der Waals surface area contributed by atoms with Crippen molar-refractivity contribution in [3.8, 4) is 0 Å². The summed E-state index contributed by atoms with van der Waals surface area (Å²) >= 11 is 6.57. The first-order chi connectivity index (χ1) is 4.31. The van der Waals surface area contributed by atoms with Gasteiger partial charge in [-0.3, -0.25) is 0 Å². The molecule has 0 aliphatic heterocycles. The maximum atomic E-state index is 12.5. The second-order valence-electron chi connectivity index (χ2n) is 1.62. The van der Waals surface area contributed by atoms with Gasteiger partial charge in [-0.05, 0) is 28.9 Å². The van der Waals surface area contributed by atoms with E-state index in [-0.39, 0.29) is 0 Å². The van der Waals surface area contributed by atoms with Gasteiger partial charge in [0.2, 0.25) is 0 Å². The molecule has 10 heavy (non-hydrogen) atoms. The lowest BCUT2D eigenvalue weighted by molar-refractivity contribution is 0.0218. The van der Waals surface area contributed by atoms with E-state index in [0.29, 0.717) is 6.08 Å². The van der Waals surface area contributed by atoms with Crippen LogP contribution in [0, 0.1) is 0 Å². The quantitative estimate of drug-likeness (QED) is 0.510. The molecule has 0 saturated carbocycles. The largest absolute Gasteiger partial charge is 0.352 e. The van der Waals surface area contributed by atoms with E-state index in [2.05, 4.69) is 0 Å². The molecule has 0 rings (SSSR count). The zero-order valence-corrected chi connectivity index (χ0v) is 7.39. The Morgan fingerprint density at radius 2 is 1.80 bits per heavy atom. The van der Waals surface area contributed by atoms with Crippen LogP contribution in [0.5, 0.6) is 0 Å². The Balaban J connectivity index is 4.40. The lowest BCUT2D eigenvalue weighted by Crippen LogP contribution is -2.31. The van der Waals surface area contributed by atoms with Crippen molar-refractivity contribution in [3.63, 3.8) is 0 Å². The maximum Gasteiger partial charge on any atom is 0.352 e. The van der Waals surface area contributed by atoms with E-state index in [1.165, 1.54) is 6.92 Å². The monoisotopic (exact) mass is 236 g/mol. The first-order valence-corrected chi connectivity index (χ1v) is 3.57. The van der Waals surface area contributed by atoms with Crippen LogP contribution in [0.2, 0.25) is 0 Å². The number of allylic oxidation sites excluding steroid dienone is 2. The third-order valence-corrected chi connectivity index (χ3v) is 1.92. The Kier molecular flexibility index (Phi) is 3.23. The van der Waals surface area contributed by atoms with Crippen LogP contribution in [0.1, 0.15) is 6.92 Å². The fourth-order valence-corrected chi connectivity index (χ4v) is 0.562. The van der Waals surface area contributed by atoms with Gasteiger partial charge in [0.15, 0.2) is 0 Å². The molecule has 0 N–H and O–H groups in total.